The van der Waals surface area contributed by atoms with E-state index < -0.39 is 5.97 Å². The summed E-state index contributed by atoms with van der Waals surface area (Å²) < 4.78 is 10.4. The predicted molar refractivity (Wildman–Crippen MR) is 52.6 cm³/mol. The van der Waals surface area contributed by atoms with Crippen LogP contribution in [0.4, 0.5) is 0 Å². The molecule has 78 valence electrons. The summed E-state index contributed by atoms with van der Waals surface area (Å²) in [6, 6.07) is 1.32. The second kappa shape index (κ2) is 3.54. The van der Waals surface area contributed by atoms with Crippen LogP contribution >= 0.6 is 15.9 Å². The number of carbonyl (C=O) groups excluding carboxylic acids is 1. The zero-order valence-electron chi connectivity index (χ0n) is 7.32. The van der Waals surface area contributed by atoms with Crippen LogP contribution in [0.15, 0.2) is 10.5 Å². The van der Waals surface area contributed by atoms with Crippen molar-refractivity contribution in [3.05, 3.63) is 21.7 Å². The van der Waals surface area contributed by atoms with Gasteiger partial charge in [0.2, 0.25) is 6.79 Å². The standard InChI is InChI=1S/C9H5BrO5/c10-6-1-4(9(12)13)7-8(5(6)2-11)15-3-14-7/h1-2H,3H2,(H,12,13). The number of hydrogen-bond acceptors (Lipinski definition) is 4. The van der Waals surface area contributed by atoms with Gasteiger partial charge in [-0.25, -0.2) is 4.79 Å². The maximum Gasteiger partial charge on any atom is 0.339 e. The largest absolute Gasteiger partial charge is 0.478 e. The molecular weight excluding hydrogens is 268 g/mol. The van der Waals surface area contributed by atoms with Crippen LogP contribution in [-0.4, -0.2) is 24.2 Å². The molecule has 15 heavy (non-hydrogen) atoms. The van der Waals surface area contributed by atoms with E-state index in [9.17, 15) is 9.59 Å². The van der Waals surface area contributed by atoms with Gasteiger partial charge < -0.3 is 14.6 Å². The van der Waals surface area contributed by atoms with Gasteiger partial charge in [0.15, 0.2) is 17.8 Å². The molecule has 0 fully saturated rings. The monoisotopic (exact) mass is 272 g/mol. The summed E-state index contributed by atoms with van der Waals surface area (Å²) in [7, 11) is 0. The van der Waals surface area contributed by atoms with Gasteiger partial charge in [-0.3, -0.25) is 4.79 Å². The molecule has 1 N–H and O–H groups in total. The van der Waals surface area contributed by atoms with Crippen LogP contribution in [0, 0.1) is 0 Å². The van der Waals surface area contributed by atoms with Crippen molar-refractivity contribution in [1.82, 2.24) is 0 Å². The van der Waals surface area contributed by atoms with Crippen LogP contribution in [0.1, 0.15) is 20.7 Å². The van der Waals surface area contributed by atoms with Crippen molar-refractivity contribution in [2.45, 2.75) is 0 Å². The van der Waals surface area contributed by atoms with Gasteiger partial charge >= 0.3 is 5.97 Å². The van der Waals surface area contributed by atoms with Gasteiger partial charge in [0.25, 0.3) is 0 Å². The fourth-order valence-corrected chi connectivity index (χ4v) is 1.83. The van der Waals surface area contributed by atoms with E-state index in [4.69, 9.17) is 14.6 Å². The van der Waals surface area contributed by atoms with Gasteiger partial charge in [0, 0.05) is 4.47 Å². The molecule has 1 heterocycles. The van der Waals surface area contributed by atoms with Crippen LogP contribution in [0.3, 0.4) is 0 Å². The zero-order valence-corrected chi connectivity index (χ0v) is 8.91. The van der Waals surface area contributed by atoms with E-state index in [1.165, 1.54) is 6.07 Å². The Morgan fingerprint density at radius 1 is 1.47 bits per heavy atom. The molecule has 2 rings (SSSR count). The number of ether oxygens (including phenoxy) is 2. The number of benzene rings is 1. The molecule has 0 unspecified atom stereocenters. The first-order valence-electron chi connectivity index (χ1n) is 3.95. The van der Waals surface area contributed by atoms with Crippen molar-refractivity contribution >= 4 is 28.2 Å². The molecule has 0 spiro atoms. The minimum Gasteiger partial charge on any atom is -0.478 e. The molecule has 0 aliphatic carbocycles. The second-order valence-corrected chi connectivity index (χ2v) is 3.66. The Kier molecular flexibility index (Phi) is 2.36. The number of fused-ring (bicyclic) bond motifs is 1. The minimum atomic E-state index is -1.13. The molecule has 0 bridgehead atoms. The first kappa shape index (κ1) is 9.97. The van der Waals surface area contributed by atoms with Gasteiger partial charge in [-0.1, -0.05) is 0 Å². The van der Waals surface area contributed by atoms with Gasteiger partial charge in [0.05, 0.1) is 5.56 Å². The summed E-state index contributed by atoms with van der Waals surface area (Å²) in [6.45, 7) is -0.0765. The highest BCUT2D eigenvalue weighted by molar-refractivity contribution is 9.10. The summed E-state index contributed by atoms with van der Waals surface area (Å²) in [5.41, 5.74) is 0.229. The topological polar surface area (TPSA) is 72.8 Å². The molecular formula is C9H5BrO5. The van der Waals surface area contributed by atoms with Crippen molar-refractivity contribution < 1.29 is 24.2 Å². The lowest BCUT2D eigenvalue weighted by Crippen LogP contribution is -2.00. The third kappa shape index (κ3) is 1.46. The van der Waals surface area contributed by atoms with E-state index in [0.29, 0.717) is 10.8 Å². The fraction of sp³-hybridized carbons (Fsp3) is 0.111. The lowest BCUT2D eigenvalue weighted by molar-refractivity contribution is 0.0692. The molecule has 0 saturated heterocycles. The molecule has 1 aliphatic heterocycles. The Hall–Kier alpha value is -1.56. The fourth-order valence-electron chi connectivity index (χ4n) is 1.33. The van der Waals surface area contributed by atoms with E-state index >= 15 is 0 Å². The number of aldehydes is 1. The van der Waals surface area contributed by atoms with Gasteiger partial charge in [-0.2, -0.15) is 0 Å². The highest BCUT2D eigenvalue weighted by atomic mass is 79.9. The van der Waals surface area contributed by atoms with E-state index in [1.807, 2.05) is 0 Å². The third-order valence-corrected chi connectivity index (χ3v) is 2.63. The van der Waals surface area contributed by atoms with Crippen molar-refractivity contribution in [2.24, 2.45) is 0 Å². The Labute approximate surface area is 92.7 Å². The maximum absolute atomic E-state index is 10.9. The van der Waals surface area contributed by atoms with E-state index in [1.54, 1.807) is 0 Å². The Morgan fingerprint density at radius 2 is 2.13 bits per heavy atom. The first-order valence-corrected chi connectivity index (χ1v) is 4.75. The zero-order chi connectivity index (χ0) is 11.0. The minimum absolute atomic E-state index is 0.0278. The summed E-state index contributed by atoms with van der Waals surface area (Å²) in [5.74, 6) is -0.848. The quantitative estimate of drug-likeness (QED) is 0.830. The van der Waals surface area contributed by atoms with Crippen molar-refractivity contribution in [2.75, 3.05) is 6.79 Å². The number of aromatic carboxylic acids is 1. The highest BCUT2D eigenvalue weighted by Gasteiger charge is 2.27. The lowest BCUT2D eigenvalue weighted by Gasteiger charge is -2.05. The molecule has 6 heteroatoms. The van der Waals surface area contributed by atoms with Crippen molar-refractivity contribution in [3.8, 4) is 11.5 Å². The summed E-state index contributed by atoms with van der Waals surface area (Å²) in [6.07, 6.45) is 0.587. The maximum atomic E-state index is 10.9. The number of carboxylic acid groups (broad SMARTS) is 1. The Bertz CT molecular complexity index is 454. The number of carbonyl (C=O) groups is 2. The first-order chi connectivity index (χ1) is 7.15. The third-order valence-electron chi connectivity index (χ3n) is 1.98. The second-order valence-electron chi connectivity index (χ2n) is 2.81. The average Bonchev–Trinajstić information content (AvgIpc) is 2.64. The predicted octanol–water partition coefficient (Wildman–Crippen LogP) is 1.69. The smallest absolute Gasteiger partial charge is 0.339 e. The van der Waals surface area contributed by atoms with E-state index in [2.05, 4.69) is 15.9 Å². The van der Waals surface area contributed by atoms with E-state index in [0.717, 1.165) is 0 Å². The normalized spacial score (nSPS) is 12.6. The molecule has 1 aliphatic rings. The molecule has 0 radical (unpaired) electrons. The number of carboxylic acids is 1. The van der Waals surface area contributed by atoms with E-state index in [-0.39, 0.29) is 29.4 Å². The average molecular weight is 273 g/mol. The molecule has 0 amide bonds. The molecule has 5 nitrogen and oxygen atoms in total. The van der Waals surface area contributed by atoms with Gasteiger partial charge in [0.1, 0.15) is 5.56 Å². The molecule has 0 aromatic heterocycles. The van der Waals surface area contributed by atoms with Crippen LogP contribution in [0.2, 0.25) is 0 Å². The van der Waals surface area contributed by atoms with Crippen LogP contribution < -0.4 is 9.47 Å². The molecule has 0 atom stereocenters. The molecule has 1 aromatic carbocycles. The Morgan fingerprint density at radius 3 is 2.73 bits per heavy atom. The van der Waals surface area contributed by atoms with Crippen LogP contribution in [0.25, 0.3) is 0 Å². The lowest BCUT2D eigenvalue weighted by atomic mass is 10.1. The summed E-state index contributed by atoms with van der Waals surface area (Å²) in [4.78, 5) is 21.6. The molecule has 1 aromatic rings. The number of hydrogen-bond donors (Lipinski definition) is 1. The summed E-state index contributed by atoms with van der Waals surface area (Å²) in [5, 5.41) is 8.89. The molecule has 0 saturated carbocycles. The van der Waals surface area contributed by atoms with Crippen molar-refractivity contribution in [1.29, 1.82) is 0 Å². The van der Waals surface area contributed by atoms with Crippen LogP contribution in [-0.2, 0) is 0 Å². The van der Waals surface area contributed by atoms with Gasteiger partial charge in [-0.15, -0.1) is 0 Å². The Balaban J connectivity index is 2.73. The van der Waals surface area contributed by atoms with Gasteiger partial charge in [-0.05, 0) is 22.0 Å². The number of rotatable bonds is 2. The summed E-state index contributed by atoms with van der Waals surface area (Å²) >= 11 is 3.10. The SMILES string of the molecule is O=Cc1c(Br)cc(C(=O)O)c2c1OCO2. The van der Waals surface area contributed by atoms with Crippen LogP contribution in [0.5, 0.6) is 11.5 Å². The highest BCUT2D eigenvalue weighted by Crippen LogP contribution is 2.41. The van der Waals surface area contributed by atoms with Crippen molar-refractivity contribution in [3.63, 3.8) is 0 Å². The number of halogens is 1.